The van der Waals surface area contributed by atoms with Crippen LogP contribution in [0.2, 0.25) is 0 Å². The van der Waals surface area contributed by atoms with Crippen molar-refractivity contribution in [1.82, 2.24) is 10.2 Å². The van der Waals surface area contributed by atoms with Gasteiger partial charge in [-0.3, -0.25) is 24.0 Å². The lowest BCUT2D eigenvalue weighted by Crippen LogP contribution is -2.51. The third kappa shape index (κ3) is 6.72. The van der Waals surface area contributed by atoms with Crippen LogP contribution in [0.3, 0.4) is 0 Å². The average molecular weight is 481 g/mol. The van der Waals surface area contributed by atoms with Crippen LogP contribution >= 0.6 is 0 Å². The molecule has 0 unspecified atom stereocenters. The number of hydrogen-bond donors (Lipinski definition) is 1. The Morgan fingerprint density at radius 2 is 1.85 bits per heavy atom. The zero-order valence-electron chi connectivity index (χ0n) is 18.4. The molecule has 1 N–H and O–H groups in total. The van der Waals surface area contributed by atoms with Crippen LogP contribution < -0.4 is 9.62 Å². The molecule has 0 radical (unpaired) electrons. The Morgan fingerprint density at radius 1 is 1.18 bits per heavy atom. The van der Waals surface area contributed by atoms with Gasteiger partial charge in [0.05, 0.1) is 16.9 Å². The molecule has 0 aromatic heterocycles. The standard InChI is InChI=1S/C21H25FN4O6S/c1-4-23-21(28)15(2)24(13-16-8-5-6-11-19(16)22)20(27)14-25(33(3,31)32)17-9-7-10-18(12-17)26(29)30/h5-12,15H,4,13-14H2,1-3H3,(H,23,28)/t15-/m1/s1. The fourth-order valence-corrected chi connectivity index (χ4v) is 3.93. The number of nitrogens with zero attached hydrogens (tertiary/aromatic N) is 3. The van der Waals surface area contributed by atoms with Gasteiger partial charge in [0, 0.05) is 30.8 Å². The van der Waals surface area contributed by atoms with Crippen LogP contribution in [0.5, 0.6) is 0 Å². The number of sulfonamides is 1. The van der Waals surface area contributed by atoms with Gasteiger partial charge in [-0.2, -0.15) is 0 Å². The smallest absolute Gasteiger partial charge is 0.271 e. The molecule has 2 aromatic carbocycles. The SMILES string of the molecule is CCNC(=O)[C@@H](C)N(Cc1ccccc1F)C(=O)CN(c1cccc([N+](=O)[O-])c1)S(C)(=O)=O. The predicted octanol–water partition coefficient (Wildman–Crippen LogP) is 2.05. The van der Waals surface area contributed by atoms with Crippen LogP contribution in [-0.4, -0.2) is 55.4 Å². The Bertz CT molecular complexity index is 1140. The molecule has 2 rings (SSSR count). The lowest BCUT2D eigenvalue weighted by molar-refractivity contribution is -0.384. The molecular weight excluding hydrogens is 455 g/mol. The fourth-order valence-electron chi connectivity index (χ4n) is 3.09. The van der Waals surface area contributed by atoms with Crippen LogP contribution in [-0.2, 0) is 26.2 Å². The van der Waals surface area contributed by atoms with Crippen molar-refractivity contribution in [3.05, 3.63) is 70.0 Å². The van der Waals surface area contributed by atoms with E-state index in [2.05, 4.69) is 5.32 Å². The molecule has 0 aliphatic rings. The average Bonchev–Trinajstić information content (AvgIpc) is 2.75. The number of nitro benzene ring substituents is 1. The molecule has 0 bridgehead atoms. The number of amides is 2. The third-order valence-corrected chi connectivity index (χ3v) is 5.97. The number of halogens is 1. The summed E-state index contributed by atoms with van der Waals surface area (Å²) in [5.41, 5.74) is -0.299. The van der Waals surface area contributed by atoms with Crippen molar-refractivity contribution in [1.29, 1.82) is 0 Å². The van der Waals surface area contributed by atoms with E-state index >= 15 is 0 Å². The van der Waals surface area contributed by atoms with Crippen LogP contribution in [0.4, 0.5) is 15.8 Å². The van der Waals surface area contributed by atoms with E-state index < -0.39 is 45.2 Å². The summed E-state index contributed by atoms with van der Waals surface area (Å²) in [7, 11) is -4.04. The molecule has 0 saturated carbocycles. The summed E-state index contributed by atoms with van der Waals surface area (Å²) >= 11 is 0. The first-order valence-electron chi connectivity index (χ1n) is 9.98. The van der Waals surface area contributed by atoms with Gasteiger partial charge >= 0.3 is 0 Å². The van der Waals surface area contributed by atoms with Crippen LogP contribution in [0.1, 0.15) is 19.4 Å². The van der Waals surface area contributed by atoms with Crippen LogP contribution in [0.15, 0.2) is 48.5 Å². The van der Waals surface area contributed by atoms with E-state index in [1.54, 1.807) is 13.0 Å². The highest BCUT2D eigenvalue weighted by molar-refractivity contribution is 7.92. The van der Waals surface area contributed by atoms with Crippen molar-refractivity contribution < 1.29 is 27.3 Å². The van der Waals surface area contributed by atoms with E-state index in [-0.39, 0.29) is 23.5 Å². The van der Waals surface area contributed by atoms with Gasteiger partial charge in [-0.15, -0.1) is 0 Å². The molecule has 12 heteroatoms. The van der Waals surface area contributed by atoms with Gasteiger partial charge in [0.1, 0.15) is 18.4 Å². The summed E-state index contributed by atoms with van der Waals surface area (Å²) in [5, 5.41) is 13.7. The minimum absolute atomic E-state index is 0.0865. The van der Waals surface area contributed by atoms with Crippen molar-refractivity contribution >= 4 is 33.2 Å². The number of likely N-dealkylation sites (N-methyl/N-ethyl adjacent to an activating group) is 1. The Labute approximate surface area is 191 Å². The minimum atomic E-state index is -4.04. The Hall–Kier alpha value is -3.54. The Balaban J connectivity index is 2.44. The van der Waals surface area contributed by atoms with E-state index in [1.165, 1.54) is 43.3 Å². The van der Waals surface area contributed by atoms with Crippen LogP contribution in [0.25, 0.3) is 0 Å². The molecule has 0 aliphatic heterocycles. The highest BCUT2D eigenvalue weighted by atomic mass is 32.2. The number of hydrogen-bond acceptors (Lipinski definition) is 6. The summed E-state index contributed by atoms with van der Waals surface area (Å²) in [4.78, 5) is 37.2. The van der Waals surface area contributed by atoms with E-state index in [0.29, 0.717) is 10.8 Å². The van der Waals surface area contributed by atoms with Crippen molar-refractivity contribution in [2.24, 2.45) is 0 Å². The number of nitrogens with one attached hydrogen (secondary N) is 1. The summed E-state index contributed by atoms with van der Waals surface area (Å²) in [6, 6.07) is 9.51. The van der Waals surface area contributed by atoms with E-state index in [1.807, 2.05) is 0 Å². The molecule has 0 fully saturated rings. The zero-order chi connectivity index (χ0) is 24.8. The van der Waals surface area contributed by atoms with Gasteiger partial charge in [-0.25, -0.2) is 12.8 Å². The lowest BCUT2D eigenvalue weighted by atomic mass is 10.1. The van der Waals surface area contributed by atoms with Crippen molar-refractivity contribution in [2.45, 2.75) is 26.4 Å². The van der Waals surface area contributed by atoms with Gasteiger partial charge in [0.2, 0.25) is 21.8 Å². The number of anilines is 1. The Kier molecular flexibility index (Phi) is 8.46. The molecule has 2 aromatic rings. The second kappa shape index (κ2) is 10.9. The van der Waals surface area contributed by atoms with Gasteiger partial charge in [-0.1, -0.05) is 24.3 Å². The van der Waals surface area contributed by atoms with E-state index in [0.717, 1.165) is 17.2 Å². The molecule has 0 aliphatic carbocycles. The molecule has 1 atom stereocenters. The first-order chi connectivity index (χ1) is 15.5. The van der Waals surface area contributed by atoms with E-state index in [9.17, 15) is 32.5 Å². The van der Waals surface area contributed by atoms with Crippen LogP contribution in [0, 0.1) is 15.9 Å². The summed E-state index contributed by atoms with van der Waals surface area (Å²) in [5.74, 6) is -1.87. The van der Waals surface area contributed by atoms with Crippen molar-refractivity contribution in [3.63, 3.8) is 0 Å². The zero-order valence-corrected chi connectivity index (χ0v) is 19.2. The maximum absolute atomic E-state index is 14.3. The molecule has 178 valence electrons. The van der Waals surface area contributed by atoms with E-state index in [4.69, 9.17) is 0 Å². The quantitative estimate of drug-likeness (QED) is 0.409. The maximum Gasteiger partial charge on any atom is 0.271 e. The summed E-state index contributed by atoms with van der Waals surface area (Å²) in [6.07, 6.45) is 0.855. The first kappa shape index (κ1) is 25.7. The number of nitro groups is 1. The van der Waals surface area contributed by atoms with Gasteiger partial charge in [0.25, 0.3) is 5.69 Å². The predicted molar refractivity (Wildman–Crippen MR) is 120 cm³/mol. The normalized spacial score (nSPS) is 12.0. The number of carbonyl (C=O) groups is 2. The van der Waals surface area contributed by atoms with Gasteiger partial charge in [-0.05, 0) is 26.0 Å². The topological polar surface area (TPSA) is 130 Å². The van der Waals surface area contributed by atoms with Gasteiger partial charge in [0.15, 0.2) is 0 Å². The number of rotatable bonds is 10. The maximum atomic E-state index is 14.3. The lowest BCUT2D eigenvalue weighted by Gasteiger charge is -2.31. The molecular formula is C21H25FN4O6S. The second-order valence-corrected chi connectivity index (χ2v) is 9.14. The number of non-ortho nitro benzene ring substituents is 1. The highest BCUT2D eigenvalue weighted by Crippen LogP contribution is 2.24. The second-order valence-electron chi connectivity index (χ2n) is 7.23. The molecule has 0 spiro atoms. The molecule has 0 heterocycles. The third-order valence-electron chi connectivity index (χ3n) is 4.82. The molecule has 33 heavy (non-hydrogen) atoms. The Morgan fingerprint density at radius 3 is 2.42 bits per heavy atom. The van der Waals surface area contributed by atoms with Crippen molar-refractivity contribution in [3.8, 4) is 0 Å². The summed E-state index contributed by atoms with van der Waals surface area (Å²) < 4.78 is 39.8. The van der Waals surface area contributed by atoms with Crippen molar-refractivity contribution in [2.75, 3.05) is 23.7 Å². The fraction of sp³-hybridized carbons (Fsp3) is 0.333. The minimum Gasteiger partial charge on any atom is -0.355 e. The summed E-state index contributed by atoms with van der Waals surface area (Å²) in [6.45, 7) is 2.42. The largest absolute Gasteiger partial charge is 0.355 e. The number of benzene rings is 2. The first-order valence-corrected chi connectivity index (χ1v) is 11.8. The highest BCUT2D eigenvalue weighted by Gasteiger charge is 2.30. The monoisotopic (exact) mass is 480 g/mol. The number of carbonyl (C=O) groups excluding carboxylic acids is 2. The molecule has 10 nitrogen and oxygen atoms in total. The molecule has 2 amide bonds. The molecule has 0 saturated heterocycles. The van der Waals surface area contributed by atoms with Gasteiger partial charge < -0.3 is 10.2 Å².